The van der Waals surface area contributed by atoms with Crippen LogP contribution in [-0.4, -0.2) is 29.7 Å². The Morgan fingerprint density at radius 3 is 3.10 bits per heavy atom. The molecule has 0 aliphatic rings. The Hall–Kier alpha value is -3.09. The van der Waals surface area contributed by atoms with E-state index in [-0.39, 0.29) is 5.56 Å². The normalized spacial score (nSPS) is 11.2. The van der Waals surface area contributed by atoms with Gasteiger partial charge < -0.3 is 4.98 Å². The van der Waals surface area contributed by atoms with E-state index in [9.17, 15) is 4.79 Å². The van der Waals surface area contributed by atoms with E-state index in [2.05, 4.69) is 25.0 Å². The van der Waals surface area contributed by atoms with Crippen LogP contribution < -0.4 is 5.56 Å². The fourth-order valence-corrected chi connectivity index (χ4v) is 2.20. The van der Waals surface area contributed by atoms with Gasteiger partial charge in [0.25, 0.3) is 5.56 Å². The van der Waals surface area contributed by atoms with Gasteiger partial charge in [-0.05, 0) is 12.1 Å². The number of rotatable bonds is 1. The lowest BCUT2D eigenvalue weighted by Gasteiger charge is -2.05. The van der Waals surface area contributed by atoms with Crippen molar-refractivity contribution in [3.05, 3.63) is 53.6 Å². The van der Waals surface area contributed by atoms with E-state index in [1.54, 1.807) is 35.5 Å². The van der Waals surface area contributed by atoms with Crippen molar-refractivity contribution in [2.24, 2.45) is 0 Å². The third kappa shape index (κ3) is 1.43. The largest absolute Gasteiger partial charge is 0.326 e. The molecule has 4 aromatic heterocycles. The monoisotopic (exact) mass is 264 g/mol. The molecular formula is C13H8N6O. The molecule has 1 N–H and O–H groups in total. The van der Waals surface area contributed by atoms with Crippen molar-refractivity contribution in [3.8, 4) is 5.69 Å². The lowest BCUT2D eigenvalue weighted by molar-refractivity contribution is 0.896. The van der Waals surface area contributed by atoms with Gasteiger partial charge in [-0.15, -0.1) is 0 Å². The van der Waals surface area contributed by atoms with E-state index < -0.39 is 0 Å². The van der Waals surface area contributed by atoms with Gasteiger partial charge in [0.05, 0.1) is 11.7 Å². The molecule has 96 valence electrons. The van der Waals surface area contributed by atoms with Crippen molar-refractivity contribution < 1.29 is 0 Å². The second-order valence-electron chi connectivity index (χ2n) is 4.26. The second kappa shape index (κ2) is 3.95. The number of hydrogen-bond acceptors (Lipinski definition) is 5. The van der Waals surface area contributed by atoms with Crippen LogP contribution in [0.25, 0.3) is 27.6 Å². The van der Waals surface area contributed by atoms with Gasteiger partial charge in [-0.3, -0.25) is 9.78 Å². The van der Waals surface area contributed by atoms with Crippen molar-refractivity contribution in [2.75, 3.05) is 0 Å². The molecule has 7 heteroatoms. The zero-order valence-corrected chi connectivity index (χ0v) is 10.2. The van der Waals surface area contributed by atoms with Crippen LogP contribution in [0.2, 0.25) is 0 Å². The Kier molecular flexibility index (Phi) is 2.13. The molecule has 0 atom stereocenters. The van der Waals surface area contributed by atoms with E-state index in [0.29, 0.717) is 11.2 Å². The lowest BCUT2D eigenvalue weighted by atomic mass is 10.3. The summed E-state index contributed by atoms with van der Waals surface area (Å²) in [5.74, 6) is 0. The summed E-state index contributed by atoms with van der Waals surface area (Å²) in [7, 11) is 0. The van der Waals surface area contributed by atoms with Crippen molar-refractivity contribution in [1.29, 1.82) is 0 Å². The molecule has 4 heterocycles. The van der Waals surface area contributed by atoms with Gasteiger partial charge in [0, 0.05) is 24.0 Å². The highest BCUT2D eigenvalue weighted by Gasteiger charge is 2.13. The summed E-state index contributed by atoms with van der Waals surface area (Å²) in [6, 6.07) is 3.66. The molecule has 0 fully saturated rings. The van der Waals surface area contributed by atoms with Gasteiger partial charge >= 0.3 is 0 Å². The third-order valence-corrected chi connectivity index (χ3v) is 3.09. The van der Waals surface area contributed by atoms with Crippen molar-refractivity contribution in [3.63, 3.8) is 0 Å². The average Bonchev–Trinajstić information content (AvgIpc) is 2.91. The molecule has 4 aromatic rings. The number of H-pyrrole nitrogens is 1. The van der Waals surface area contributed by atoms with Crippen LogP contribution in [0.3, 0.4) is 0 Å². The predicted octanol–water partition coefficient (Wildman–Crippen LogP) is 1.05. The average molecular weight is 264 g/mol. The van der Waals surface area contributed by atoms with Crippen LogP contribution in [0.4, 0.5) is 0 Å². The summed E-state index contributed by atoms with van der Waals surface area (Å²) in [4.78, 5) is 27.2. The molecule has 0 unspecified atom stereocenters. The molecule has 4 rings (SSSR count). The molecule has 0 bridgehead atoms. The van der Waals surface area contributed by atoms with Gasteiger partial charge in [0.15, 0.2) is 5.69 Å². The fourth-order valence-electron chi connectivity index (χ4n) is 2.20. The molecular weight excluding hydrogens is 256 g/mol. The third-order valence-electron chi connectivity index (χ3n) is 3.09. The number of aromatic nitrogens is 6. The number of aromatic amines is 1. The van der Waals surface area contributed by atoms with E-state index in [1.807, 2.05) is 6.07 Å². The first-order valence-electron chi connectivity index (χ1n) is 5.95. The first kappa shape index (κ1) is 10.8. The van der Waals surface area contributed by atoms with Gasteiger partial charge in [0.2, 0.25) is 0 Å². The van der Waals surface area contributed by atoms with Crippen LogP contribution >= 0.6 is 0 Å². The number of fused-ring (bicyclic) bond motifs is 2. The quantitative estimate of drug-likeness (QED) is 0.555. The molecule has 0 aliphatic heterocycles. The van der Waals surface area contributed by atoms with Crippen molar-refractivity contribution in [1.82, 2.24) is 29.7 Å². The molecule has 0 saturated heterocycles. The standard InChI is InChI=1S/C13H8N6O/c20-13-12(11-8(5-16-13)4-14-7-17-11)19-10-2-1-3-15-9(10)6-18-19/h1-7H,(H,16,20). The second-order valence-corrected chi connectivity index (χ2v) is 4.26. The fraction of sp³-hybridized carbons (Fsp3) is 0. The maximum atomic E-state index is 12.2. The Morgan fingerprint density at radius 2 is 2.15 bits per heavy atom. The lowest BCUT2D eigenvalue weighted by Crippen LogP contribution is -2.16. The minimum atomic E-state index is -0.259. The SMILES string of the molecule is O=c1[nH]cc2cncnc2c1-n1ncc2ncccc21. The summed E-state index contributed by atoms with van der Waals surface area (Å²) in [6.45, 7) is 0. The molecule has 0 aliphatic carbocycles. The number of nitrogens with one attached hydrogen (secondary N) is 1. The Balaban J connectivity index is 2.17. The van der Waals surface area contributed by atoms with Crippen LogP contribution in [-0.2, 0) is 0 Å². The van der Waals surface area contributed by atoms with E-state index in [0.717, 1.165) is 16.4 Å². The Bertz CT molecular complexity index is 987. The molecule has 0 saturated carbocycles. The molecule has 7 nitrogen and oxygen atoms in total. The van der Waals surface area contributed by atoms with Crippen LogP contribution in [0.15, 0.2) is 48.0 Å². The maximum Gasteiger partial charge on any atom is 0.276 e. The molecule has 0 radical (unpaired) electrons. The zero-order chi connectivity index (χ0) is 13.5. The number of nitrogens with zero attached hydrogens (tertiary/aromatic N) is 5. The summed E-state index contributed by atoms with van der Waals surface area (Å²) < 4.78 is 1.55. The van der Waals surface area contributed by atoms with Gasteiger partial charge in [-0.25, -0.2) is 14.6 Å². The number of pyridine rings is 2. The first-order chi connectivity index (χ1) is 9.84. The van der Waals surface area contributed by atoms with Crippen LogP contribution in [0.5, 0.6) is 0 Å². The minimum absolute atomic E-state index is 0.259. The van der Waals surface area contributed by atoms with E-state index >= 15 is 0 Å². The van der Waals surface area contributed by atoms with Gasteiger partial charge in [-0.1, -0.05) is 0 Å². The molecule has 20 heavy (non-hydrogen) atoms. The highest BCUT2D eigenvalue weighted by Crippen LogP contribution is 2.18. The Morgan fingerprint density at radius 1 is 1.20 bits per heavy atom. The van der Waals surface area contributed by atoms with Gasteiger partial charge in [-0.2, -0.15) is 5.10 Å². The van der Waals surface area contributed by atoms with E-state index in [4.69, 9.17) is 0 Å². The summed E-state index contributed by atoms with van der Waals surface area (Å²) in [5.41, 5.74) is 2.14. The first-order valence-corrected chi connectivity index (χ1v) is 5.95. The zero-order valence-electron chi connectivity index (χ0n) is 10.2. The smallest absolute Gasteiger partial charge is 0.276 e. The Labute approximate surface area is 111 Å². The predicted molar refractivity (Wildman–Crippen MR) is 72.6 cm³/mol. The van der Waals surface area contributed by atoms with Crippen LogP contribution in [0.1, 0.15) is 0 Å². The highest BCUT2D eigenvalue weighted by atomic mass is 16.1. The van der Waals surface area contributed by atoms with E-state index in [1.165, 1.54) is 6.33 Å². The highest BCUT2D eigenvalue weighted by molar-refractivity contribution is 5.87. The topological polar surface area (TPSA) is 89.4 Å². The van der Waals surface area contributed by atoms with Crippen LogP contribution in [0, 0.1) is 0 Å². The minimum Gasteiger partial charge on any atom is -0.326 e. The number of hydrogen-bond donors (Lipinski definition) is 1. The molecule has 0 amide bonds. The summed E-state index contributed by atoms with van der Waals surface area (Å²) >= 11 is 0. The van der Waals surface area contributed by atoms with Crippen molar-refractivity contribution >= 4 is 21.9 Å². The van der Waals surface area contributed by atoms with Crippen molar-refractivity contribution in [2.45, 2.75) is 0 Å². The maximum absolute atomic E-state index is 12.2. The molecule has 0 aromatic carbocycles. The van der Waals surface area contributed by atoms with Gasteiger partial charge in [0.1, 0.15) is 17.4 Å². The summed E-state index contributed by atoms with van der Waals surface area (Å²) in [6.07, 6.45) is 7.95. The molecule has 0 spiro atoms. The summed E-state index contributed by atoms with van der Waals surface area (Å²) in [5, 5.41) is 5.00.